The molecule has 6 rings (SSSR count). The van der Waals surface area contributed by atoms with Gasteiger partial charge in [-0.3, -0.25) is 9.97 Å². The van der Waals surface area contributed by atoms with Crippen molar-refractivity contribution < 1.29 is 18.9 Å². The first-order valence-corrected chi connectivity index (χ1v) is 17.2. The number of aryl methyl sites for hydroxylation is 2. The Kier molecular flexibility index (Phi) is 13.9. The van der Waals surface area contributed by atoms with Crippen LogP contribution < -0.4 is 18.9 Å². The Bertz CT molecular complexity index is 2410. The van der Waals surface area contributed by atoms with Gasteiger partial charge in [0.1, 0.15) is 27.2 Å². The third-order valence-corrected chi connectivity index (χ3v) is 8.25. The van der Waals surface area contributed by atoms with E-state index in [1.807, 2.05) is 24.3 Å². The second-order valence-electron chi connectivity index (χ2n) is 10.9. The van der Waals surface area contributed by atoms with Gasteiger partial charge in [0.05, 0.1) is 37.5 Å². The highest BCUT2D eigenvalue weighted by Gasteiger charge is 2.16. The van der Waals surface area contributed by atoms with Gasteiger partial charge in [0.15, 0.2) is 11.5 Å². The van der Waals surface area contributed by atoms with Crippen molar-refractivity contribution in [1.82, 2.24) is 19.9 Å². The van der Waals surface area contributed by atoms with Crippen LogP contribution in [0, 0.1) is 34.5 Å². The molecule has 0 saturated carbocycles. The van der Waals surface area contributed by atoms with E-state index in [-0.39, 0.29) is 27.6 Å². The molecule has 0 bridgehead atoms. The van der Waals surface area contributed by atoms with E-state index in [1.165, 1.54) is 20.3 Å². The van der Waals surface area contributed by atoms with Crippen molar-refractivity contribution in [1.29, 1.82) is 10.5 Å². The van der Waals surface area contributed by atoms with E-state index in [9.17, 15) is 0 Å². The second kappa shape index (κ2) is 19.1. The molecule has 6 aromatic rings. The minimum atomic E-state index is 0.177. The molecule has 2 aromatic carbocycles. The highest BCUT2D eigenvalue weighted by atomic mass is 35.5. The van der Waals surface area contributed by atoms with E-state index in [0.29, 0.717) is 50.5 Å². The van der Waals surface area contributed by atoms with Crippen molar-refractivity contribution >= 4 is 46.4 Å². The Balaban J connectivity index is 0.000000208. The first-order valence-electron chi connectivity index (χ1n) is 15.7. The average molecular weight is 796 g/mol. The minimum absolute atomic E-state index is 0.177. The molecule has 4 aromatic heterocycles. The van der Waals surface area contributed by atoms with Gasteiger partial charge in [0, 0.05) is 58.2 Å². The van der Waals surface area contributed by atoms with Crippen LogP contribution in [-0.2, 0) is 12.8 Å². The fourth-order valence-electron chi connectivity index (χ4n) is 4.65. The number of benzene rings is 2. The molecule has 0 atom stereocenters. The maximum atomic E-state index is 9.09. The summed E-state index contributed by atoms with van der Waals surface area (Å²) in [6, 6.07) is 24.3. The number of pyridine rings is 4. The van der Waals surface area contributed by atoms with Gasteiger partial charge in [-0.05, 0) is 85.0 Å². The van der Waals surface area contributed by atoms with Gasteiger partial charge in [-0.15, -0.1) is 0 Å². The third-order valence-electron chi connectivity index (χ3n) is 7.12. The SMILES string of the molecule is COc1nc(C#Cc2ccncc2)cc(Oc2cc(Cl)cc(C#N)c2)c1Cl.COc1nc(CCc2ccncc2)cc(Oc2cc(Cl)cc(C#N)c2)c1Cl. The normalized spacial score (nSPS) is 10.0. The number of hydrogen-bond donors (Lipinski definition) is 0. The van der Waals surface area contributed by atoms with E-state index in [0.717, 1.165) is 23.2 Å². The molecule has 0 aliphatic heterocycles. The number of nitriles is 2. The topological polar surface area (TPSA) is 136 Å². The van der Waals surface area contributed by atoms with Crippen LogP contribution in [0.25, 0.3) is 0 Å². The van der Waals surface area contributed by atoms with E-state index in [4.69, 9.17) is 75.9 Å². The van der Waals surface area contributed by atoms with Crippen molar-refractivity contribution in [3.8, 4) is 58.7 Å². The van der Waals surface area contributed by atoms with Gasteiger partial charge < -0.3 is 18.9 Å². The highest BCUT2D eigenvalue weighted by molar-refractivity contribution is 6.34. The number of ether oxygens (including phenoxy) is 4. The standard InChI is InChI=1S/C20H15Cl2N3O2.C20H11Cl2N3O2/c2*1-26-20-19(22)18(27-17-9-14(12-23)8-15(21)10-17)11-16(25-20)3-2-13-4-6-24-7-5-13/h4-11H,2-3H2,1H3;4-11H,1H3. The molecule has 0 unspecified atom stereocenters. The number of rotatable bonds is 9. The molecule has 268 valence electrons. The molecule has 0 saturated heterocycles. The van der Waals surface area contributed by atoms with Crippen molar-refractivity contribution in [2.24, 2.45) is 0 Å². The summed E-state index contributed by atoms with van der Waals surface area (Å²) in [5, 5.41) is 19.4. The first kappa shape index (κ1) is 39.2. The molecular formula is C40H26Cl4N6O4. The summed E-state index contributed by atoms with van der Waals surface area (Å²) < 4.78 is 22.2. The highest BCUT2D eigenvalue weighted by Crippen LogP contribution is 2.38. The van der Waals surface area contributed by atoms with Crippen LogP contribution in [0.4, 0.5) is 0 Å². The predicted octanol–water partition coefficient (Wildman–Crippen LogP) is 10.1. The van der Waals surface area contributed by atoms with E-state index in [2.05, 4.69) is 31.8 Å². The fourth-order valence-corrected chi connectivity index (χ4v) is 5.52. The first-order chi connectivity index (χ1) is 26.2. The van der Waals surface area contributed by atoms with Gasteiger partial charge in [0.25, 0.3) is 0 Å². The van der Waals surface area contributed by atoms with Gasteiger partial charge >= 0.3 is 0 Å². The van der Waals surface area contributed by atoms with Crippen LogP contribution in [0.5, 0.6) is 34.8 Å². The lowest BCUT2D eigenvalue weighted by Gasteiger charge is -2.13. The number of hydrogen-bond acceptors (Lipinski definition) is 10. The van der Waals surface area contributed by atoms with E-state index < -0.39 is 0 Å². The Morgan fingerprint density at radius 2 is 1.09 bits per heavy atom. The average Bonchev–Trinajstić information content (AvgIpc) is 3.18. The zero-order valence-electron chi connectivity index (χ0n) is 28.5. The van der Waals surface area contributed by atoms with Gasteiger partial charge in [-0.1, -0.05) is 52.3 Å². The largest absolute Gasteiger partial charge is 0.480 e. The Labute approximate surface area is 331 Å². The van der Waals surface area contributed by atoms with Crippen LogP contribution in [0.1, 0.15) is 33.6 Å². The van der Waals surface area contributed by atoms with Gasteiger partial charge in [0.2, 0.25) is 11.8 Å². The van der Waals surface area contributed by atoms with Crippen LogP contribution in [-0.4, -0.2) is 34.2 Å². The molecular weight excluding hydrogens is 770 g/mol. The van der Waals surface area contributed by atoms with E-state index in [1.54, 1.807) is 79.4 Å². The summed E-state index contributed by atoms with van der Waals surface area (Å²) in [5.41, 5.74) is 3.88. The molecule has 54 heavy (non-hydrogen) atoms. The molecule has 0 aliphatic carbocycles. The number of nitrogens with zero attached hydrogens (tertiary/aromatic N) is 6. The molecule has 0 N–H and O–H groups in total. The molecule has 0 radical (unpaired) electrons. The van der Waals surface area contributed by atoms with Gasteiger partial charge in [-0.2, -0.15) is 10.5 Å². The Morgan fingerprint density at radius 1 is 0.574 bits per heavy atom. The Hall–Kier alpha value is -6.06. The fraction of sp³-hybridized carbons (Fsp3) is 0.100. The van der Waals surface area contributed by atoms with Crippen molar-refractivity contribution in [2.75, 3.05) is 14.2 Å². The van der Waals surface area contributed by atoms with Crippen molar-refractivity contribution in [3.05, 3.63) is 151 Å². The van der Waals surface area contributed by atoms with Crippen LogP contribution in [0.2, 0.25) is 20.1 Å². The molecule has 14 heteroatoms. The lowest BCUT2D eigenvalue weighted by molar-refractivity contribution is 0.390. The minimum Gasteiger partial charge on any atom is -0.480 e. The lowest BCUT2D eigenvalue weighted by atomic mass is 10.1. The lowest BCUT2D eigenvalue weighted by Crippen LogP contribution is -2.00. The Morgan fingerprint density at radius 3 is 1.63 bits per heavy atom. The quantitative estimate of drug-likeness (QED) is 0.130. The molecule has 4 heterocycles. The molecule has 0 fully saturated rings. The number of halogens is 4. The zero-order chi connectivity index (χ0) is 38.5. The molecule has 0 amide bonds. The second-order valence-corrected chi connectivity index (χ2v) is 12.5. The summed E-state index contributed by atoms with van der Waals surface area (Å²) in [7, 11) is 2.95. The van der Waals surface area contributed by atoms with Crippen molar-refractivity contribution in [2.45, 2.75) is 12.8 Å². The summed E-state index contributed by atoms with van der Waals surface area (Å²) in [5.74, 6) is 7.82. The smallest absolute Gasteiger partial charge is 0.237 e. The number of aromatic nitrogens is 4. The molecule has 0 spiro atoms. The van der Waals surface area contributed by atoms with Crippen molar-refractivity contribution in [3.63, 3.8) is 0 Å². The summed E-state index contributed by atoms with van der Waals surface area (Å²) >= 11 is 24.7. The maximum Gasteiger partial charge on any atom is 0.237 e. The number of methoxy groups -OCH3 is 2. The third kappa shape index (κ3) is 11.0. The molecule has 10 nitrogen and oxygen atoms in total. The molecule has 0 aliphatic rings. The summed E-state index contributed by atoms with van der Waals surface area (Å²) in [6.45, 7) is 0. The van der Waals surface area contributed by atoms with Crippen LogP contribution in [0.3, 0.4) is 0 Å². The monoisotopic (exact) mass is 794 g/mol. The zero-order valence-corrected chi connectivity index (χ0v) is 31.5. The summed E-state index contributed by atoms with van der Waals surface area (Å²) in [4.78, 5) is 16.7. The maximum absolute atomic E-state index is 9.09. The van der Waals surface area contributed by atoms with Crippen LogP contribution in [0.15, 0.2) is 97.6 Å². The van der Waals surface area contributed by atoms with E-state index >= 15 is 0 Å². The predicted molar refractivity (Wildman–Crippen MR) is 206 cm³/mol. The van der Waals surface area contributed by atoms with Crippen LogP contribution >= 0.6 is 46.4 Å². The summed E-state index contributed by atoms with van der Waals surface area (Å²) in [6.07, 6.45) is 8.28. The van der Waals surface area contributed by atoms with Gasteiger partial charge in [-0.25, -0.2) is 9.97 Å².